The number of hydrogen-bond donors (Lipinski definition) is 1. The third-order valence-electron chi connectivity index (χ3n) is 4.62. The van der Waals surface area contributed by atoms with Gasteiger partial charge < -0.3 is 10.1 Å². The Morgan fingerprint density at radius 1 is 1.23 bits per heavy atom. The molecule has 26 heavy (non-hydrogen) atoms. The largest absolute Gasteiger partial charge is 0.489 e. The molecule has 2 aromatic carbocycles. The fraction of sp³-hybridized carbons (Fsp3) is 0.200. The van der Waals surface area contributed by atoms with Crippen molar-refractivity contribution in [2.75, 3.05) is 5.32 Å². The molecular weight excluding hydrogens is 333 g/mol. The Kier molecular flexibility index (Phi) is 4.16. The van der Waals surface area contributed by atoms with E-state index in [0.717, 1.165) is 16.9 Å². The van der Waals surface area contributed by atoms with Crippen molar-refractivity contribution in [3.8, 4) is 5.75 Å². The average molecular weight is 351 g/mol. The first kappa shape index (κ1) is 16.3. The Morgan fingerprint density at radius 2 is 2.00 bits per heavy atom. The zero-order chi connectivity index (χ0) is 18.1. The third kappa shape index (κ3) is 3.06. The number of carbonyl (C=O) groups is 1. The summed E-state index contributed by atoms with van der Waals surface area (Å²) in [5.74, 6) is 1.07. The molecule has 0 saturated heterocycles. The summed E-state index contributed by atoms with van der Waals surface area (Å²) in [6, 6.07) is 14.1. The van der Waals surface area contributed by atoms with Crippen molar-refractivity contribution in [2.45, 2.75) is 18.9 Å². The molecule has 1 aliphatic rings. The SMILES string of the molecule is Cn1ncc2c1NC(=O)C[C@@H]2c1ccc(OCc2ccccc2F)cc1. The highest BCUT2D eigenvalue weighted by molar-refractivity contribution is 5.94. The van der Waals surface area contributed by atoms with Gasteiger partial charge in [0.2, 0.25) is 5.91 Å². The number of nitrogens with zero attached hydrogens (tertiary/aromatic N) is 2. The smallest absolute Gasteiger partial charge is 0.226 e. The number of nitrogens with one attached hydrogen (secondary N) is 1. The number of halogens is 1. The number of benzene rings is 2. The van der Waals surface area contributed by atoms with E-state index in [1.165, 1.54) is 6.07 Å². The number of hydrogen-bond acceptors (Lipinski definition) is 3. The van der Waals surface area contributed by atoms with Gasteiger partial charge in [-0.25, -0.2) is 4.39 Å². The number of carbonyl (C=O) groups excluding carboxylic acids is 1. The lowest BCUT2D eigenvalue weighted by atomic mass is 9.87. The first-order valence-electron chi connectivity index (χ1n) is 8.40. The molecule has 2 heterocycles. The molecular formula is C20H18FN3O2. The van der Waals surface area contributed by atoms with Crippen molar-refractivity contribution in [1.82, 2.24) is 9.78 Å². The van der Waals surface area contributed by atoms with E-state index in [1.807, 2.05) is 24.3 Å². The fourth-order valence-electron chi connectivity index (χ4n) is 3.21. The van der Waals surface area contributed by atoms with Crippen molar-refractivity contribution in [1.29, 1.82) is 0 Å². The second kappa shape index (κ2) is 6.63. The average Bonchev–Trinajstić information content (AvgIpc) is 3.02. The lowest BCUT2D eigenvalue weighted by Gasteiger charge is -2.23. The standard InChI is InChI=1S/C20H18FN3O2/c1-24-20-17(11-22-24)16(10-19(25)23-20)13-6-8-15(9-7-13)26-12-14-4-2-3-5-18(14)21/h2-9,11,16H,10,12H2,1H3,(H,23,25)/t16-/m1/s1. The summed E-state index contributed by atoms with van der Waals surface area (Å²) in [5.41, 5.74) is 2.54. The fourth-order valence-corrected chi connectivity index (χ4v) is 3.21. The summed E-state index contributed by atoms with van der Waals surface area (Å²) in [6.07, 6.45) is 2.18. The second-order valence-corrected chi connectivity index (χ2v) is 6.33. The van der Waals surface area contributed by atoms with Crippen LogP contribution in [0.4, 0.5) is 10.2 Å². The zero-order valence-electron chi connectivity index (χ0n) is 14.3. The van der Waals surface area contributed by atoms with Gasteiger partial charge in [-0.2, -0.15) is 5.10 Å². The van der Waals surface area contributed by atoms with Gasteiger partial charge in [-0.05, 0) is 23.8 Å². The van der Waals surface area contributed by atoms with Crippen LogP contribution in [0.3, 0.4) is 0 Å². The molecule has 0 spiro atoms. The molecule has 0 fully saturated rings. The number of ether oxygens (including phenoxy) is 1. The van der Waals surface area contributed by atoms with Gasteiger partial charge in [0.15, 0.2) is 0 Å². The monoisotopic (exact) mass is 351 g/mol. The highest BCUT2D eigenvalue weighted by Gasteiger charge is 2.29. The van der Waals surface area contributed by atoms with Crippen molar-refractivity contribution in [3.63, 3.8) is 0 Å². The van der Waals surface area contributed by atoms with Gasteiger partial charge in [-0.1, -0.05) is 30.3 Å². The minimum atomic E-state index is -0.276. The number of aryl methyl sites for hydroxylation is 1. The summed E-state index contributed by atoms with van der Waals surface area (Å²) < 4.78 is 21.0. The Labute approximate surface area is 150 Å². The maximum Gasteiger partial charge on any atom is 0.226 e. The number of anilines is 1. The highest BCUT2D eigenvalue weighted by Crippen LogP contribution is 2.37. The predicted octanol–water partition coefficient (Wildman–Crippen LogP) is 3.61. The molecule has 1 amide bonds. The van der Waals surface area contributed by atoms with Gasteiger partial charge >= 0.3 is 0 Å². The van der Waals surface area contributed by atoms with Crippen LogP contribution in [-0.2, 0) is 18.4 Å². The third-order valence-corrected chi connectivity index (χ3v) is 4.62. The minimum absolute atomic E-state index is 0.0222. The van der Waals surface area contributed by atoms with Gasteiger partial charge in [0.1, 0.15) is 24.0 Å². The van der Waals surface area contributed by atoms with Crippen LogP contribution < -0.4 is 10.1 Å². The van der Waals surface area contributed by atoms with E-state index in [0.29, 0.717) is 17.7 Å². The van der Waals surface area contributed by atoms with E-state index >= 15 is 0 Å². The van der Waals surface area contributed by atoms with Gasteiger partial charge in [-0.15, -0.1) is 0 Å². The van der Waals surface area contributed by atoms with Crippen LogP contribution in [0.15, 0.2) is 54.7 Å². The summed E-state index contributed by atoms with van der Waals surface area (Å²) in [7, 11) is 1.81. The molecule has 132 valence electrons. The number of aromatic nitrogens is 2. The van der Waals surface area contributed by atoms with E-state index in [4.69, 9.17) is 4.74 Å². The van der Waals surface area contributed by atoms with Crippen molar-refractivity contribution in [3.05, 3.63) is 77.2 Å². The quantitative estimate of drug-likeness (QED) is 0.781. The molecule has 1 N–H and O–H groups in total. The van der Waals surface area contributed by atoms with Crippen LogP contribution >= 0.6 is 0 Å². The van der Waals surface area contributed by atoms with E-state index in [2.05, 4.69) is 10.4 Å². The molecule has 0 radical (unpaired) electrons. The van der Waals surface area contributed by atoms with E-state index in [1.54, 1.807) is 36.1 Å². The van der Waals surface area contributed by atoms with Gasteiger partial charge in [0.05, 0.1) is 6.20 Å². The lowest BCUT2D eigenvalue weighted by molar-refractivity contribution is -0.116. The van der Waals surface area contributed by atoms with Gasteiger partial charge in [0, 0.05) is 30.5 Å². The van der Waals surface area contributed by atoms with Crippen molar-refractivity contribution < 1.29 is 13.9 Å². The van der Waals surface area contributed by atoms with Crippen LogP contribution in [0, 0.1) is 5.82 Å². The highest BCUT2D eigenvalue weighted by atomic mass is 19.1. The topological polar surface area (TPSA) is 56.2 Å². The van der Waals surface area contributed by atoms with Crippen LogP contribution in [0.25, 0.3) is 0 Å². The summed E-state index contributed by atoms with van der Waals surface area (Å²) in [5, 5.41) is 7.10. The number of amides is 1. The molecule has 1 aromatic heterocycles. The molecule has 3 aromatic rings. The van der Waals surface area contributed by atoms with Crippen molar-refractivity contribution >= 4 is 11.7 Å². The summed E-state index contributed by atoms with van der Waals surface area (Å²) >= 11 is 0. The van der Waals surface area contributed by atoms with Gasteiger partial charge in [0.25, 0.3) is 0 Å². The Bertz CT molecular complexity index is 950. The van der Waals surface area contributed by atoms with Crippen LogP contribution in [0.2, 0.25) is 0 Å². The molecule has 4 rings (SSSR count). The van der Waals surface area contributed by atoms with E-state index in [-0.39, 0.29) is 24.2 Å². The van der Waals surface area contributed by atoms with Gasteiger partial charge in [-0.3, -0.25) is 9.48 Å². The van der Waals surface area contributed by atoms with Crippen LogP contribution in [0.1, 0.15) is 29.0 Å². The Morgan fingerprint density at radius 3 is 2.77 bits per heavy atom. The normalized spacial score (nSPS) is 16.1. The Hall–Kier alpha value is -3.15. The minimum Gasteiger partial charge on any atom is -0.489 e. The molecule has 6 heteroatoms. The first-order valence-corrected chi connectivity index (χ1v) is 8.40. The zero-order valence-corrected chi connectivity index (χ0v) is 14.3. The molecule has 0 bridgehead atoms. The molecule has 0 aliphatic carbocycles. The second-order valence-electron chi connectivity index (χ2n) is 6.33. The lowest BCUT2D eigenvalue weighted by Crippen LogP contribution is -2.24. The maximum absolute atomic E-state index is 13.7. The summed E-state index contributed by atoms with van der Waals surface area (Å²) in [6.45, 7) is 0.171. The summed E-state index contributed by atoms with van der Waals surface area (Å²) in [4.78, 5) is 12.0. The number of rotatable bonds is 4. The predicted molar refractivity (Wildman–Crippen MR) is 95.5 cm³/mol. The van der Waals surface area contributed by atoms with Crippen LogP contribution in [-0.4, -0.2) is 15.7 Å². The molecule has 0 saturated carbocycles. The van der Waals surface area contributed by atoms with Crippen LogP contribution in [0.5, 0.6) is 5.75 Å². The Balaban J connectivity index is 1.51. The van der Waals surface area contributed by atoms with E-state index < -0.39 is 0 Å². The number of fused-ring (bicyclic) bond motifs is 1. The van der Waals surface area contributed by atoms with Crippen molar-refractivity contribution in [2.24, 2.45) is 7.05 Å². The van der Waals surface area contributed by atoms with E-state index in [9.17, 15) is 9.18 Å². The molecule has 1 aliphatic heterocycles. The maximum atomic E-state index is 13.7. The molecule has 1 atom stereocenters. The molecule has 5 nitrogen and oxygen atoms in total. The molecule has 0 unspecified atom stereocenters. The first-order chi connectivity index (χ1) is 12.6.